The lowest BCUT2D eigenvalue weighted by Gasteiger charge is -2.12. The largest absolute Gasteiger partial charge is 0.313 e. The Morgan fingerprint density at radius 2 is 1.58 bits per heavy atom. The Kier molecular flexibility index (Phi) is 4.36. The van der Waals surface area contributed by atoms with Crippen LogP contribution < -0.4 is 0 Å². The van der Waals surface area contributed by atoms with E-state index >= 15 is 0 Å². The maximum absolute atomic E-state index is 13.2. The van der Waals surface area contributed by atoms with Gasteiger partial charge in [0.25, 0.3) is 0 Å². The van der Waals surface area contributed by atoms with Gasteiger partial charge in [-0.3, -0.25) is 0 Å². The van der Waals surface area contributed by atoms with Crippen LogP contribution in [0.25, 0.3) is 16.9 Å². The van der Waals surface area contributed by atoms with Gasteiger partial charge in [-0.2, -0.15) is 0 Å². The van der Waals surface area contributed by atoms with Crippen LogP contribution in [0.4, 0.5) is 4.39 Å². The summed E-state index contributed by atoms with van der Waals surface area (Å²) in [5.41, 5.74) is 3.58. The predicted molar refractivity (Wildman–Crippen MR) is 96.7 cm³/mol. The number of benzene rings is 2. The van der Waals surface area contributed by atoms with E-state index < -0.39 is 9.84 Å². The Morgan fingerprint density at radius 1 is 1.00 bits per heavy atom. The van der Waals surface area contributed by atoms with Gasteiger partial charge in [0.2, 0.25) is 0 Å². The third-order valence-electron chi connectivity index (χ3n) is 3.85. The maximum atomic E-state index is 13.2. The summed E-state index contributed by atoms with van der Waals surface area (Å²) in [7, 11) is -3.23. The van der Waals surface area contributed by atoms with Crippen LogP contribution in [0.2, 0.25) is 0 Å². The summed E-state index contributed by atoms with van der Waals surface area (Å²) in [5, 5.41) is 0. The number of halogens is 2. The summed E-state index contributed by atoms with van der Waals surface area (Å²) < 4.78 is 39.4. The number of rotatable bonds is 3. The van der Waals surface area contributed by atoms with Crippen LogP contribution in [0.1, 0.15) is 5.69 Å². The average molecular weight is 408 g/mol. The van der Waals surface area contributed by atoms with Crippen molar-refractivity contribution in [1.29, 1.82) is 0 Å². The standard InChI is InChI=1S/C18H15BrFNO2S/c1-12-17(19)11-18(21(12)15-7-5-14(20)6-8-15)13-3-9-16(10-4-13)24(2,22)23/h3-11H,1-2H3. The Hall–Kier alpha value is -1.92. The molecule has 6 heteroatoms. The summed E-state index contributed by atoms with van der Waals surface area (Å²) in [6.07, 6.45) is 1.18. The summed E-state index contributed by atoms with van der Waals surface area (Å²) in [4.78, 5) is 0.280. The normalized spacial score (nSPS) is 11.7. The zero-order valence-electron chi connectivity index (χ0n) is 13.1. The topological polar surface area (TPSA) is 39.1 Å². The highest BCUT2D eigenvalue weighted by atomic mass is 79.9. The Labute approximate surface area is 148 Å². The van der Waals surface area contributed by atoms with Crippen molar-refractivity contribution >= 4 is 25.8 Å². The second kappa shape index (κ2) is 6.18. The molecule has 2 aromatic carbocycles. The minimum Gasteiger partial charge on any atom is -0.313 e. The fraction of sp³-hybridized carbons (Fsp3) is 0.111. The molecule has 0 saturated heterocycles. The van der Waals surface area contributed by atoms with Gasteiger partial charge < -0.3 is 4.57 Å². The number of hydrogen-bond donors (Lipinski definition) is 0. The summed E-state index contributed by atoms with van der Waals surface area (Å²) in [6.45, 7) is 1.96. The first-order valence-electron chi connectivity index (χ1n) is 7.21. The molecule has 24 heavy (non-hydrogen) atoms. The molecule has 3 aromatic rings. The van der Waals surface area contributed by atoms with E-state index in [0.717, 1.165) is 27.1 Å². The molecule has 1 heterocycles. The van der Waals surface area contributed by atoms with Crippen molar-refractivity contribution in [3.05, 3.63) is 70.6 Å². The van der Waals surface area contributed by atoms with Gasteiger partial charge in [-0.15, -0.1) is 0 Å². The van der Waals surface area contributed by atoms with Gasteiger partial charge in [0.15, 0.2) is 9.84 Å². The number of nitrogens with zero attached hydrogens (tertiary/aromatic N) is 1. The molecule has 3 nitrogen and oxygen atoms in total. The highest BCUT2D eigenvalue weighted by molar-refractivity contribution is 9.10. The third kappa shape index (κ3) is 3.16. The molecule has 0 spiro atoms. The molecule has 0 aliphatic rings. The molecule has 3 rings (SSSR count). The van der Waals surface area contributed by atoms with Crippen LogP contribution in [-0.4, -0.2) is 19.2 Å². The van der Waals surface area contributed by atoms with Gasteiger partial charge in [-0.25, -0.2) is 12.8 Å². The lowest BCUT2D eigenvalue weighted by Crippen LogP contribution is -2.00. The van der Waals surface area contributed by atoms with E-state index in [-0.39, 0.29) is 10.7 Å². The van der Waals surface area contributed by atoms with Crippen LogP contribution in [0.15, 0.2) is 64.0 Å². The first-order valence-corrected chi connectivity index (χ1v) is 9.90. The van der Waals surface area contributed by atoms with Crippen molar-refractivity contribution in [3.63, 3.8) is 0 Å². The minimum atomic E-state index is -3.23. The first kappa shape index (κ1) is 16.9. The summed E-state index contributed by atoms with van der Waals surface area (Å²) in [5.74, 6) is -0.290. The SMILES string of the molecule is Cc1c(Br)cc(-c2ccc(S(C)(=O)=O)cc2)n1-c1ccc(F)cc1. The Balaban J connectivity index is 2.15. The molecule has 0 atom stereocenters. The van der Waals surface area contributed by atoms with Crippen LogP contribution in [-0.2, 0) is 9.84 Å². The lowest BCUT2D eigenvalue weighted by atomic mass is 10.1. The third-order valence-corrected chi connectivity index (χ3v) is 5.78. The molecule has 0 N–H and O–H groups in total. The summed E-state index contributed by atoms with van der Waals surface area (Å²) in [6, 6.07) is 15.0. The number of sulfone groups is 1. The van der Waals surface area contributed by atoms with Crippen LogP contribution >= 0.6 is 15.9 Å². The van der Waals surface area contributed by atoms with Crippen molar-refractivity contribution in [2.45, 2.75) is 11.8 Å². The van der Waals surface area contributed by atoms with E-state index in [1.54, 1.807) is 36.4 Å². The zero-order valence-corrected chi connectivity index (χ0v) is 15.5. The highest BCUT2D eigenvalue weighted by Crippen LogP contribution is 2.32. The molecule has 0 radical (unpaired) electrons. The molecule has 0 saturated carbocycles. The van der Waals surface area contributed by atoms with E-state index in [1.807, 2.05) is 17.6 Å². The van der Waals surface area contributed by atoms with Crippen LogP contribution in [0.5, 0.6) is 0 Å². The van der Waals surface area contributed by atoms with E-state index in [4.69, 9.17) is 0 Å². The molecular weight excluding hydrogens is 393 g/mol. The van der Waals surface area contributed by atoms with Crippen molar-refractivity contribution < 1.29 is 12.8 Å². The smallest absolute Gasteiger partial charge is 0.175 e. The summed E-state index contributed by atoms with van der Waals surface area (Å²) >= 11 is 3.53. The fourth-order valence-electron chi connectivity index (χ4n) is 2.58. The Morgan fingerprint density at radius 3 is 2.12 bits per heavy atom. The fourth-order valence-corrected chi connectivity index (χ4v) is 3.61. The molecule has 0 aliphatic heterocycles. The van der Waals surface area contributed by atoms with Gasteiger partial charge in [-0.05, 0) is 70.9 Å². The van der Waals surface area contributed by atoms with E-state index in [9.17, 15) is 12.8 Å². The van der Waals surface area contributed by atoms with E-state index in [1.165, 1.54) is 18.4 Å². The number of hydrogen-bond acceptors (Lipinski definition) is 2. The highest BCUT2D eigenvalue weighted by Gasteiger charge is 2.14. The van der Waals surface area contributed by atoms with Crippen LogP contribution in [0, 0.1) is 12.7 Å². The van der Waals surface area contributed by atoms with Crippen molar-refractivity contribution in [2.24, 2.45) is 0 Å². The van der Waals surface area contributed by atoms with Gasteiger partial charge in [-0.1, -0.05) is 12.1 Å². The molecule has 0 bridgehead atoms. The zero-order chi connectivity index (χ0) is 17.5. The van der Waals surface area contributed by atoms with E-state index in [2.05, 4.69) is 15.9 Å². The molecule has 1 aromatic heterocycles. The van der Waals surface area contributed by atoms with Gasteiger partial charge in [0, 0.05) is 22.1 Å². The second-order valence-electron chi connectivity index (χ2n) is 5.57. The Bertz CT molecular complexity index is 991. The molecule has 124 valence electrons. The lowest BCUT2D eigenvalue weighted by molar-refractivity contribution is 0.602. The van der Waals surface area contributed by atoms with Crippen molar-refractivity contribution in [2.75, 3.05) is 6.26 Å². The molecule has 0 fully saturated rings. The maximum Gasteiger partial charge on any atom is 0.175 e. The molecule has 0 amide bonds. The predicted octanol–water partition coefficient (Wildman–Crippen LogP) is 4.76. The first-order chi connectivity index (χ1) is 11.3. The van der Waals surface area contributed by atoms with Gasteiger partial charge in [0.05, 0.1) is 10.6 Å². The van der Waals surface area contributed by atoms with Gasteiger partial charge >= 0.3 is 0 Å². The van der Waals surface area contributed by atoms with E-state index in [0.29, 0.717) is 0 Å². The minimum absolute atomic E-state index is 0.280. The molecular formula is C18H15BrFNO2S. The van der Waals surface area contributed by atoms with Crippen LogP contribution in [0.3, 0.4) is 0 Å². The average Bonchev–Trinajstić information content (AvgIpc) is 2.83. The molecule has 0 unspecified atom stereocenters. The number of aromatic nitrogens is 1. The quantitative estimate of drug-likeness (QED) is 0.627. The second-order valence-corrected chi connectivity index (χ2v) is 8.44. The van der Waals surface area contributed by atoms with Crippen molar-refractivity contribution in [1.82, 2.24) is 4.57 Å². The molecule has 0 aliphatic carbocycles. The van der Waals surface area contributed by atoms with Crippen molar-refractivity contribution in [3.8, 4) is 16.9 Å². The van der Waals surface area contributed by atoms with Gasteiger partial charge in [0.1, 0.15) is 5.82 Å². The monoisotopic (exact) mass is 407 g/mol.